The van der Waals surface area contributed by atoms with E-state index in [2.05, 4.69) is 33.1 Å². The molecule has 1 rings (SSSR count). The average molecular weight is 371 g/mol. The lowest BCUT2D eigenvalue weighted by molar-refractivity contribution is -0.127. The lowest BCUT2D eigenvalue weighted by atomic mass is 10.2. The summed E-state index contributed by atoms with van der Waals surface area (Å²) < 4.78 is 14.4. The monoisotopic (exact) mass is 370 g/mol. The number of benzene rings is 1. The first kappa shape index (κ1) is 17.7. The van der Waals surface area contributed by atoms with Gasteiger partial charge < -0.3 is 21.3 Å². The number of nitrogens with one attached hydrogen (secondary N) is 2. The van der Waals surface area contributed by atoms with Crippen LogP contribution in [0.15, 0.2) is 46.8 Å². The molecule has 0 saturated carbocycles. The minimum Gasteiger partial charge on any atom is -0.365 e. The van der Waals surface area contributed by atoms with Crippen LogP contribution >= 0.6 is 15.9 Å². The molecule has 0 radical (unpaired) electrons. The lowest BCUT2D eigenvalue weighted by Crippen LogP contribution is -2.35. The molecule has 1 aromatic carbocycles. The number of hydrogen-bond acceptors (Lipinski definition) is 4. The molecule has 0 unspecified atom stereocenters. The van der Waals surface area contributed by atoms with Crippen molar-refractivity contribution in [1.29, 1.82) is 0 Å². The van der Waals surface area contributed by atoms with Crippen LogP contribution in [0.4, 0.5) is 10.1 Å². The molecule has 6 nitrogen and oxygen atoms in total. The Kier molecular flexibility index (Phi) is 6.11. The van der Waals surface area contributed by atoms with Crippen LogP contribution in [-0.4, -0.2) is 30.8 Å². The molecule has 0 aliphatic rings. The third kappa shape index (κ3) is 4.32. The number of likely N-dealkylation sites (N-methyl/N-ethyl adjacent to an activating group) is 1. The summed E-state index contributed by atoms with van der Waals surface area (Å²) in [6.07, 6.45) is 1.24. The summed E-state index contributed by atoms with van der Waals surface area (Å²) in [5.41, 5.74) is 4.99. The van der Waals surface area contributed by atoms with Crippen LogP contribution in [0.3, 0.4) is 0 Å². The Morgan fingerprint density at radius 3 is 2.50 bits per heavy atom. The van der Waals surface area contributed by atoms with Crippen molar-refractivity contribution in [2.45, 2.75) is 0 Å². The van der Waals surface area contributed by atoms with Gasteiger partial charge in [0.1, 0.15) is 17.2 Å². The van der Waals surface area contributed by atoms with Crippen LogP contribution in [0.1, 0.15) is 0 Å². The molecule has 0 spiro atoms. The molecular weight excluding hydrogens is 355 g/mol. The topological polar surface area (TPSA) is 87.5 Å². The van der Waals surface area contributed by atoms with E-state index in [1.807, 2.05) is 0 Å². The van der Waals surface area contributed by atoms with E-state index >= 15 is 0 Å². The molecule has 0 atom stereocenters. The maximum Gasteiger partial charge on any atom is 0.262 e. The van der Waals surface area contributed by atoms with Gasteiger partial charge in [-0.05, 0) is 24.4 Å². The van der Waals surface area contributed by atoms with Gasteiger partial charge in [-0.25, -0.2) is 4.39 Å². The van der Waals surface area contributed by atoms with Crippen molar-refractivity contribution in [3.05, 3.63) is 52.7 Å². The zero-order valence-corrected chi connectivity index (χ0v) is 13.7. The number of hydrogen-bond donors (Lipinski definition) is 3. The number of nitrogens with two attached hydrogens (primary N) is 1. The quantitative estimate of drug-likeness (QED) is 0.402. The summed E-state index contributed by atoms with van der Waals surface area (Å²) in [5, 5.41) is 5.24. The first-order chi connectivity index (χ1) is 10.3. The third-order valence-corrected chi connectivity index (χ3v) is 3.05. The van der Waals surface area contributed by atoms with Crippen LogP contribution in [0, 0.1) is 5.82 Å². The van der Waals surface area contributed by atoms with Gasteiger partial charge in [-0.15, -0.1) is 0 Å². The van der Waals surface area contributed by atoms with E-state index in [0.717, 1.165) is 0 Å². The average Bonchev–Trinajstić information content (AvgIpc) is 2.41. The minimum absolute atomic E-state index is 0.0533. The Labute approximate surface area is 136 Å². The van der Waals surface area contributed by atoms with Gasteiger partial charge in [-0.3, -0.25) is 9.59 Å². The number of rotatable bonds is 6. The first-order valence-electron chi connectivity index (χ1n) is 6.13. The SMILES string of the molecule is C=CN/C(Nc1ccc(Br)cc1F)=C(/C(N)=O)C(=O)N(C)C. The summed E-state index contributed by atoms with van der Waals surface area (Å²) in [6.45, 7) is 3.46. The predicted octanol–water partition coefficient (Wildman–Crippen LogP) is 1.52. The first-order valence-corrected chi connectivity index (χ1v) is 6.92. The highest BCUT2D eigenvalue weighted by Crippen LogP contribution is 2.21. The second-order valence-corrected chi connectivity index (χ2v) is 5.33. The van der Waals surface area contributed by atoms with Gasteiger partial charge in [0.15, 0.2) is 0 Å². The Morgan fingerprint density at radius 1 is 1.41 bits per heavy atom. The number of amides is 2. The summed E-state index contributed by atoms with van der Waals surface area (Å²) >= 11 is 3.14. The Bertz CT molecular complexity index is 644. The highest BCUT2D eigenvalue weighted by molar-refractivity contribution is 9.10. The predicted molar refractivity (Wildman–Crippen MR) is 86.0 cm³/mol. The highest BCUT2D eigenvalue weighted by Gasteiger charge is 2.23. The molecule has 0 aromatic heterocycles. The Hall–Kier alpha value is -2.35. The normalized spacial score (nSPS) is 11.3. The van der Waals surface area contributed by atoms with E-state index in [1.165, 1.54) is 37.3 Å². The van der Waals surface area contributed by atoms with E-state index < -0.39 is 17.6 Å². The molecule has 8 heteroatoms. The van der Waals surface area contributed by atoms with Gasteiger partial charge in [0.2, 0.25) is 0 Å². The molecule has 0 saturated heterocycles. The summed E-state index contributed by atoms with van der Waals surface area (Å²) in [7, 11) is 2.94. The van der Waals surface area contributed by atoms with Crippen LogP contribution < -0.4 is 16.4 Å². The molecule has 22 heavy (non-hydrogen) atoms. The second kappa shape index (κ2) is 7.60. The van der Waals surface area contributed by atoms with Gasteiger partial charge in [-0.2, -0.15) is 0 Å². The van der Waals surface area contributed by atoms with Crippen molar-refractivity contribution in [2.75, 3.05) is 19.4 Å². The van der Waals surface area contributed by atoms with Gasteiger partial charge in [-0.1, -0.05) is 22.5 Å². The molecule has 1 aromatic rings. The second-order valence-electron chi connectivity index (χ2n) is 4.41. The van der Waals surface area contributed by atoms with E-state index in [-0.39, 0.29) is 17.1 Å². The Balaban J connectivity index is 3.35. The summed E-state index contributed by atoms with van der Waals surface area (Å²) in [4.78, 5) is 24.9. The zero-order valence-electron chi connectivity index (χ0n) is 12.1. The molecule has 0 heterocycles. The lowest BCUT2D eigenvalue weighted by Gasteiger charge is -2.18. The van der Waals surface area contributed by atoms with Gasteiger partial charge in [0.25, 0.3) is 11.8 Å². The minimum atomic E-state index is -0.951. The fourth-order valence-electron chi connectivity index (χ4n) is 1.56. The zero-order chi connectivity index (χ0) is 16.9. The molecule has 4 N–H and O–H groups in total. The van der Waals surface area contributed by atoms with E-state index in [0.29, 0.717) is 4.47 Å². The molecule has 118 valence electrons. The largest absolute Gasteiger partial charge is 0.365 e. The number of carbonyl (C=O) groups excluding carboxylic acids is 2. The molecule has 0 aliphatic carbocycles. The van der Waals surface area contributed by atoms with Crippen LogP contribution in [-0.2, 0) is 9.59 Å². The van der Waals surface area contributed by atoms with Crippen molar-refractivity contribution >= 4 is 33.4 Å². The maximum absolute atomic E-state index is 13.9. The van der Waals surface area contributed by atoms with E-state index in [9.17, 15) is 14.0 Å². The molecule has 0 fully saturated rings. The van der Waals surface area contributed by atoms with Crippen molar-refractivity contribution in [2.24, 2.45) is 5.73 Å². The molecule has 0 bridgehead atoms. The van der Waals surface area contributed by atoms with Gasteiger partial charge in [0.05, 0.1) is 5.69 Å². The standard InChI is InChI=1S/C14H16BrFN4O2/c1-4-18-13(11(12(17)21)14(22)20(2)3)19-10-6-5-8(15)7-9(10)16/h4-7,18-19H,1H2,2-3H3,(H2,17,21)/b13-11+. The van der Waals surface area contributed by atoms with Crippen molar-refractivity contribution in [3.8, 4) is 0 Å². The smallest absolute Gasteiger partial charge is 0.262 e. The van der Waals surface area contributed by atoms with Crippen LogP contribution in [0.5, 0.6) is 0 Å². The number of anilines is 1. The van der Waals surface area contributed by atoms with Gasteiger partial charge in [0, 0.05) is 18.6 Å². The number of carbonyl (C=O) groups is 2. The maximum atomic E-state index is 13.9. The molecular formula is C14H16BrFN4O2. The van der Waals surface area contributed by atoms with E-state index in [1.54, 1.807) is 6.07 Å². The van der Waals surface area contributed by atoms with Crippen molar-refractivity contribution in [1.82, 2.24) is 10.2 Å². The third-order valence-electron chi connectivity index (χ3n) is 2.55. The molecule has 2 amide bonds. The van der Waals surface area contributed by atoms with Crippen LogP contribution in [0.25, 0.3) is 0 Å². The fourth-order valence-corrected chi connectivity index (χ4v) is 1.89. The number of halogens is 2. The van der Waals surface area contributed by atoms with Gasteiger partial charge >= 0.3 is 0 Å². The van der Waals surface area contributed by atoms with E-state index in [4.69, 9.17) is 5.73 Å². The van der Waals surface area contributed by atoms with Crippen molar-refractivity contribution < 1.29 is 14.0 Å². The van der Waals surface area contributed by atoms with Crippen molar-refractivity contribution in [3.63, 3.8) is 0 Å². The highest BCUT2D eigenvalue weighted by atomic mass is 79.9. The molecule has 0 aliphatic heterocycles. The number of primary amides is 1. The summed E-state index contributed by atoms with van der Waals surface area (Å²) in [5.74, 6) is -2.20. The Morgan fingerprint density at radius 2 is 2.05 bits per heavy atom. The van der Waals surface area contributed by atoms with Crippen LogP contribution in [0.2, 0.25) is 0 Å². The summed E-state index contributed by atoms with van der Waals surface area (Å²) in [6, 6.07) is 4.29. The number of nitrogens with zero attached hydrogens (tertiary/aromatic N) is 1. The fraction of sp³-hybridized carbons (Fsp3) is 0.143.